The van der Waals surface area contributed by atoms with Crippen LogP contribution in [0.3, 0.4) is 0 Å². The number of hydrogen-bond acceptors (Lipinski definition) is 5. The van der Waals surface area contributed by atoms with Crippen LogP contribution in [-0.4, -0.2) is 29.6 Å². The summed E-state index contributed by atoms with van der Waals surface area (Å²) in [5.74, 6) is 1.22. The molecule has 0 amide bonds. The van der Waals surface area contributed by atoms with E-state index in [0.717, 1.165) is 0 Å². The molecule has 0 saturated carbocycles. The number of phenols is 1. The molecular formula is C16H19NO4. The van der Waals surface area contributed by atoms with E-state index in [1.165, 1.54) is 12.5 Å². The molecule has 1 unspecified atom stereocenters. The zero-order valence-corrected chi connectivity index (χ0v) is 12.1. The van der Waals surface area contributed by atoms with E-state index in [1.807, 2.05) is 6.92 Å². The van der Waals surface area contributed by atoms with Crippen molar-refractivity contribution in [1.29, 1.82) is 0 Å². The minimum atomic E-state index is -1.19. The van der Waals surface area contributed by atoms with Crippen molar-refractivity contribution in [2.24, 2.45) is 4.99 Å². The molecule has 0 bridgehead atoms. The molecule has 0 aliphatic rings. The van der Waals surface area contributed by atoms with Gasteiger partial charge in [0.05, 0.1) is 19.4 Å². The fourth-order valence-corrected chi connectivity index (χ4v) is 1.88. The van der Waals surface area contributed by atoms with E-state index >= 15 is 0 Å². The topological polar surface area (TPSA) is 75.2 Å². The summed E-state index contributed by atoms with van der Waals surface area (Å²) in [6, 6.07) is 8.35. The van der Waals surface area contributed by atoms with Crippen molar-refractivity contribution in [2.45, 2.75) is 19.4 Å². The minimum absolute atomic E-state index is 0.111. The molecule has 2 N–H and O–H groups in total. The molecule has 5 nitrogen and oxygen atoms in total. The molecular weight excluding hydrogens is 270 g/mol. The maximum Gasteiger partial charge on any atom is 0.139 e. The second kappa shape index (κ2) is 6.45. The van der Waals surface area contributed by atoms with Gasteiger partial charge >= 0.3 is 0 Å². The van der Waals surface area contributed by atoms with Crippen LogP contribution in [0.4, 0.5) is 0 Å². The number of benzene rings is 1. The Morgan fingerprint density at radius 2 is 2.19 bits per heavy atom. The van der Waals surface area contributed by atoms with Crippen LogP contribution < -0.4 is 4.74 Å². The maximum atomic E-state index is 10.3. The minimum Gasteiger partial charge on any atom is -0.507 e. The predicted octanol–water partition coefficient (Wildman–Crippen LogP) is 2.71. The lowest BCUT2D eigenvalue weighted by molar-refractivity contribution is 0.0439. The van der Waals surface area contributed by atoms with E-state index in [-0.39, 0.29) is 12.3 Å². The van der Waals surface area contributed by atoms with Gasteiger partial charge in [-0.1, -0.05) is 0 Å². The number of phenolic OH excluding ortho intramolecular Hbond substituents is 1. The van der Waals surface area contributed by atoms with E-state index < -0.39 is 5.60 Å². The van der Waals surface area contributed by atoms with Gasteiger partial charge in [0.2, 0.25) is 0 Å². The molecule has 112 valence electrons. The summed E-state index contributed by atoms with van der Waals surface area (Å²) < 4.78 is 10.6. The average molecular weight is 289 g/mol. The lowest BCUT2D eigenvalue weighted by Gasteiger charge is -2.17. The van der Waals surface area contributed by atoms with Gasteiger partial charge in [0.15, 0.2) is 0 Å². The first kappa shape index (κ1) is 15.1. The van der Waals surface area contributed by atoms with Crippen LogP contribution in [0.5, 0.6) is 11.5 Å². The van der Waals surface area contributed by atoms with Crippen LogP contribution in [0.1, 0.15) is 25.2 Å². The highest BCUT2D eigenvalue weighted by atomic mass is 16.5. The summed E-state index contributed by atoms with van der Waals surface area (Å²) in [6.45, 7) is 4.19. The number of rotatable bonds is 6. The summed E-state index contributed by atoms with van der Waals surface area (Å²) in [5.41, 5.74) is -0.649. The summed E-state index contributed by atoms with van der Waals surface area (Å²) in [6.07, 6.45) is 3.01. The van der Waals surface area contributed by atoms with E-state index in [2.05, 4.69) is 4.99 Å². The Kier molecular flexibility index (Phi) is 4.65. The van der Waals surface area contributed by atoms with Crippen molar-refractivity contribution in [1.82, 2.24) is 0 Å². The number of aliphatic imine (C=N–C) groups is 1. The van der Waals surface area contributed by atoms with Crippen LogP contribution in [0, 0.1) is 0 Å². The Bertz CT molecular complexity index is 603. The average Bonchev–Trinajstić information content (AvgIpc) is 2.97. The van der Waals surface area contributed by atoms with Crippen molar-refractivity contribution in [3.8, 4) is 11.5 Å². The SMILES string of the molecule is CCOc1ccc(O)c(C=NCC(C)(O)c2ccco2)c1. The molecule has 21 heavy (non-hydrogen) atoms. The number of ether oxygens (including phenoxy) is 1. The summed E-state index contributed by atoms with van der Waals surface area (Å²) in [5, 5.41) is 20.1. The highest BCUT2D eigenvalue weighted by Gasteiger charge is 2.25. The fraction of sp³-hybridized carbons (Fsp3) is 0.312. The van der Waals surface area contributed by atoms with Gasteiger partial charge in [-0.2, -0.15) is 0 Å². The first-order valence-electron chi connectivity index (χ1n) is 6.75. The molecule has 0 spiro atoms. The van der Waals surface area contributed by atoms with Crippen molar-refractivity contribution < 1.29 is 19.4 Å². The lowest BCUT2D eigenvalue weighted by Crippen LogP contribution is -2.24. The molecule has 0 fully saturated rings. The molecule has 0 aliphatic carbocycles. The number of hydrogen-bond donors (Lipinski definition) is 2. The van der Waals surface area contributed by atoms with Gasteiger partial charge in [-0.25, -0.2) is 0 Å². The van der Waals surface area contributed by atoms with Crippen molar-refractivity contribution in [2.75, 3.05) is 13.2 Å². The fourth-order valence-electron chi connectivity index (χ4n) is 1.88. The third kappa shape index (κ3) is 3.86. The van der Waals surface area contributed by atoms with E-state index in [9.17, 15) is 10.2 Å². The molecule has 5 heteroatoms. The van der Waals surface area contributed by atoms with Gasteiger partial charge in [-0.15, -0.1) is 0 Å². The zero-order chi connectivity index (χ0) is 15.3. The monoisotopic (exact) mass is 289 g/mol. The molecule has 2 aromatic rings. The summed E-state index contributed by atoms with van der Waals surface area (Å²) in [7, 11) is 0. The number of furan rings is 1. The quantitative estimate of drug-likeness (QED) is 0.802. The van der Waals surface area contributed by atoms with Crippen LogP contribution in [0.2, 0.25) is 0 Å². The lowest BCUT2D eigenvalue weighted by atomic mass is 10.0. The molecule has 0 saturated heterocycles. The van der Waals surface area contributed by atoms with Gasteiger partial charge in [-0.05, 0) is 44.2 Å². The van der Waals surface area contributed by atoms with Gasteiger partial charge in [0, 0.05) is 11.8 Å². The Morgan fingerprint density at radius 1 is 1.38 bits per heavy atom. The number of aromatic hydroxyl groups is 1. The number of nitrogens with zero attached hydrogens (tertiary/aromatic N) is 1. The van der Waals surface area contributed by atoms with Crippen LogP contribution >= 0.6 is 0 Å². The van der Waals surface area contributed by atoms with Crippen LogP contribution in [0.25, 0.3) is 0 Å². The Hall–Kier alpha value is -2.27. The standard InChI is InChI=1S/C16H19NO4/c1-3-20-13-6-7-14(18)12(9-13)10-17-11-16(2,19)15-5-4-8-21-15/h4-10,18-19H,3,11H2,1-2H3. The van der Waals surface area contributed by atoms with E-state index in [0.29, 0.717) is 23.7 Å². The van der Waals surface area contributed by atoms with Crippen LogP contribution in [0.15, 0.2) is 46.0 Å². The van der Waals surface area contributed by atoms with Gasteiger partial charge < -0.3 is 19.4 Å². The van der Waals surface area contributed by atoms with Gasteiger partial charge in [0.25, 0.3) is 0 Å². The molecule has 1 atom stereocenters. The van der Waals surface area contributed by atoms with Crippen molar-refractivity contribution in [3.63, 3.8) is 0 Å². The van der Waals surface area contributed by atoms with Gasteiger partial charge in [0.1, 0.15) is 22.9 Å². The maximum absolute atomic E-state index is 10.3. The Labute approximate surface area is 123 Å². The number of aliphatic hydroxyl groups is 1. The molecule has 1 heterocycles. The Balaban J connectivity index is 2.09. The highest BCUT2D eigenvalue weighted by Crippen LogP contribution is 2.23. The second-order valence-electron chi connectivity index (χ2n) is 4.87. The summed E-state index contributed by atoms with van der Waals surface area (Å²) >= 11 is 0. The largest absolute Gasteiger partial charge is 0.507 e. The Morgan fingerprint density at radius 3 is 2.86 bits per heavy atom. The molecule has 1 aromatic heterocycles. The zero-order valence-electron chi connectivity index (χ0n) is 12.1. The smallest absolute Gasteiger partial charge is 0.139 e. The van der Waals surface area contributed by atoms with E-state index in [4.69, 9.17) is 9.15 Å². The molecule has 2 rings (SSSR count). The molecule has 0 aliphatic heterocycles. The first-order valence-corrected chi connectivity index (χ1v) is 6.75. The predicted molar refractivity (Wildman–Crippen MR) is 80.0 cm³/mol. The third-order valence-corrected chi connectivity index (χ3v) is 2.99. The van der Waals surface area contributed by atoms with Crippen LogP contribution in [-0.2, 0) is 5.60 Å². The normalized spacial score (nSPS) is 14.2. The molecule has 1 aromatic carbocycles. The second-order valence-corrected chi connectivity index (χ2v) is 4.87. The highest BCUT2D eigenvalue weighted by molar-refractivity contribution is 5.84. The van der Waals surface area contributed by atoms with Crippen molar-refractivity contribution >= 4 is 6.21 Å². The first-order chi connectivity index (χ1) is 10.0. The van der Waals surface area contributed by atoms with Gasteiger partial charge in [-0.3, -0.25) is 4.99 Å². The van der Waals surface area contributed by atoms with Crippen molar-refractivity contribution in [3.05, 3.63) is 47.9 Å². The third-order valence-electron chi connectivity index (χ3n) is 2.99. The van der Waals surface area contributed by atoms with E-state index in [1.54, 1.807) is 37.3 Å². The molecule has 0 radical (unpaired) electrons. The summed E-state index contributed by atoms with van der Waals surface area (Å²) in [4.78, 5) is 4.18.